The average molecular weight is 338 g/mol. The first kappa shape index (κ1) is 16.5. The summed E-state index contributed by atoms with van der Waals surface area (Å²) in [6.07, 6.45) is 4.75. The largest absolute Gasteiger partial charge is 0.493 e. The van der Waals surface area contributed by atoms with Crippen LogP contribution >= 0.6 is 0 Å². The van der Waals surface area contributed by atoms with E-state index in [0.717, 1.165) is 11.3 Å². The molecule has 0 fully saturated rings. The van der Waals surface area contributed by atoms with Crippen molar-refractivity contribution < 1.29 is 14.2 Å². The van der Waals surface area contributed by atoms with Gasteiger partial charge < -0.3 is 14.2 Å². The Morgan fingerprint density at radius 1 is 0.960 bits per heavy atom. The van der Waals surface area contributed by atoms with E-state index in [0.29, 0.717) is 24.7 Å². The maximum atomic E-state index is 5.72. The average Bonchev–Trinajstić information content (AvgIpc) is 3.18. The molecule has 0 bridgehead atoms. The predicted molar refractivity (Wildman–Crippen MR) is 93.4 cm³/mol. The molecule has 128 valence electrons. The molecule has 0 radical (unpaired) electrons. The Morgan fingerprint density at radius 2 is 1.72 bits per heavy atom. The minimum atomic E-state index is 0.416. The van der Waals surface area contributed by atoms with Crippen LogP contribution in [0.4, 0.5) is 0 Å². The summed E-state index contributed by atoms with van der Waals surface area (Å²) in [5.41, 5.74) is 0.914. The number of methoxy groups -OCH3 is 1. The van der Waals surface area contributed by atoms with Crippen LogP contribution in [0.1, 0.15) is 5.56 Å². The van der Waals surface area contributed by atoms with Crippen LogP contribution in [-0.2, 0) is 0 Å². The Bertz CT molecular complexity index is 819. The van der Waals surface area contributed by atoms with E-state index < -0.39 is 0 Å². The number of rotatable bonds is 8. The Morgan fingerprint density at radius 3 is 2.52 bits per heavy atom. The van der Waals surface area contributed by atoms with E-state index >= 15 is 0 Å². The minimum Gasteiger partial charge on any atom is -0.493 e. The van der Waals surface area contributed by atoms with Crippen molar-refractivity contribution in [3.05, 3.63) is 66.7 Å². The van der Waals surface area contributed by atoms with Gasteiger partial charge in [0.25, 0.3) is 0 Å². The second-order valence-corrected chi connectivity index (χ2v) is 5.01. The van der Waals surface area contributed by atoms with Gasteiger partial charge in [-0.3, -0.25) is 0 Å². The van der Waals surface area contributed by atoms with Crippen LogP contribution in [0.3, 0.4) is 0 Å². The van der Waals surface area contributed by atoms with Crippen LogP contribution in [0.25, 0.3) is 0 Å². The summed E-state index contributed by atoms with van der Waals surface area (Å²) in [5.74, 6) is 2.15. The molecule has 7 nitrogen and oxygen atoms in total. The first-order valence-corrected chi connectivity index (χ1v) is 7.73. The first-order valence-electron chi connectivity index (χ1n) is 7.73. The first-order chi connectivity index (χ1) is 12.3. The summed E-state index contributed by atoms with van der Waals surface area (Å²) in [4.78, 5) is 0. The van der Waals surface area contributed by atoms with Gasteiger partial charge >= 0.3 is 0 Å². The highest BCUT2D eigenvalue weighted by molar-refractivity contribution is 5.80. The van der Waals surface area contributed by atoms with Gasteiger partial charge in [-0.1, -0.05) is 24.3 Å². The molecule has 0 saturated carbocycles. The molecule has 0 spiro atoms. The van der Waals surface area contributed by atoms with Crippen LogP contribution < -0.4 is 14.2 Å². The van der Waals surface area contributed by atoms with Gasteiger partial charge in [0.15, 0.2) is 11.5 Å². The van der Waals surface area contributed by atoms with Crippen molar-refractivity contribution in [3.8, 4) is 17.2 Å². The summed E-state index contributed by atoms with van der Waals surface area (Å²) >= 11 is 0. The van der Waals surface area contributed by atoms with Crippen LogP contribution in [0, 0.1) is 0 Å². The van der Waals surface area contributed by atoms with Gasteiger partial charge in [-0.05, 0) is 29.8 Å². The fourth-order valence-corrected chi connectivity index (χ4v) is 2.12. The van der Waals surface area contributed by atoms with Crippen molar-refractivity contribution in [1.29, 1.82) is 0 Å². The summed E-state index contributed by atoms with van der Waals surface area (Å²) in [6, 6.07) is 15.1. The molecule has 0 aliphatic heterocycles. The fourth-order valence-electron chi connectivity index (χ4n) is 2.12. The van der Waals surface area contributed by atoms with Crippen molar-refractivity contribution in [1.82, 2.24) is 14.9 Å². The predicted octanol–water partition coefficient (Wildman–Crippen LogP) is 2.63. The molecule has 1 heterocycles. The number of hydrogen-bond donors (Lipinski definition) is 0. The highest BCUT2D eigenvalue weighted by Crippen LogP contribution is 2.25. The Kier molecular flexibility index (Phi) is 5.60. The number of hydrogen-bond acceptors (Lipinski definition) is 6. The Balaban J connectivity index is 1.51. The lowest BCUT2D eigenvalue weighted by Gasteiger charge is -2.11. The summed E-state index contributed by atoms with van der Waals surface area (Å²) < 4.78 is 18.2. The number of ether oxygens (including phenoxy) is 3. The van der Waals surface area contributed by atoms with Crippen molar-refractivity contribution >= 4 is 6.21 Å². The third-order valence-electron chi connectivity index (χ3n) is 3.28. The molecule has 2 aromatic carbocycles. The Hall–Kier alpha value is -3.35. The third-order valence-corrected chi connectivity index (χ3v) is 3.28. The number of aromatic nitrogens is 3. The van der Waals surface area contributed by atoms with E-state index in [-0.39, 0.29) is 0 Å². The lowest BCUT2D eigenvalue weighted by molar-refractivity contribution is 0.211. The normalized spacial score (nSPS) is 10.8. The monoisotopic (exact) mass is 338 g/mol. The lowest BCUT2D eigenvalue weighted by atomic mass is 10.2. The van der Waals surface area contributed by atoms with Gasteiger partial charge in [0.05, 0.1) is 13.3 Å². The zero-order valence-electron chi connectivity index (χ0n) is 13.8. The van der Waals surface area contributed by atoms with Crippen molar-refractivity contribution in [2.75, 3.05) is 20.3 Å². The van der Waals surface area contributed by atoms with Gasteiger partial charge in [-0.25, -0.2) is 4.68 Å². The van der Waals surface area contributed by atoms with E-state index in [1.165, 1.54) is 17.3 Å². The van der Waals surface area contributed by atoms with Crippen LogP contribution in [0.15, 0.2) is 66.3 Å². The van der Waals surface area contributed by atoms with Crippen molar-refractivity contribution in [3.63, 3.8) is 0 Å². The number of benzene rings is 2. The Labute approximate surface area is 145 Å². The molecule has 0 unspecified atom stereocenters. The maximum Gasteiger partial charge on any atom is 0.161 e. The molecule has 7 heteroatoms. The second-order valence-electron chi connectivity index (χ2n) is 5.01. The molecule has 25 heavy (non-hydrogen) atoms. The smallest absolute Gasteiger partial charge is 0.161 e. The summed E-state index contributed by atoms with van der Waals surface area (Å²) in [5, 5.41) is 11.6. The minimum absolute atomic E-state index is 0.416. The van der Waals surface area contributed by atoms with Crippen molar-refractivity contribution in [2.45, 2.75) is 0 Å². The van der Waals surface area contributed by atoms with Gasteiger partial charge in [-0.2, -0.15) is 5.10 Å². The quantitative estimate of drug-likeness (QED) is 0.466. The molecule has 3 aromatic rings. The van der Waals surface area contributed by atoms with E-state index in [9.17, 15) is 0 Å². The molecule has 0 atom stereocenters. The second kappa shape index (κ2) is 8.49. The van der Waals surface area contributed by atoms with Gasteiger partial charge in [0, 0.05) is 0 Å². The number of para-hydroxylation sites is 2. The molecule has 0 aliphatic rings. The molecule has 0 amide bonds. The van der Waals surface area contributed by atoms with E-state index in [2.05, 4.69) is 15.3 Å². The van der Waals surface area contributed by atoms with E-state index in [1.54, 1.807) is 13.3 Å². The highest BCUT2D eigenvalue weighted by atomic mass is 16.5. The van der Waals surface area contributed by atoms with Gasteiger partial charge in [0.1, 0.15) is 31.6 Å². The maximum absolute atomic E-state index is 5.72. The topological polar surface area (TPSA) is 70.8 Å². The molecule has 0 N–H and O–H groups in total. The molecular formula is C18H18N4O3. The third kappa shape index (κ3) is 4.81. The van der Waals surface area contributed by atoms with E-state index in [1.807, 2.05) is 48.5 Å². The van der Waals surface area contributed by atoms with Crippen LogP contribution in [0.2, 0.25) is 0 Å². The molecular weight excluding hydrogens is 320 g/mol. The molecule has 0 saturated heterocycles. The SMILES string of the molecule is COc1ccccc1OCCOc1cccc(/C=N\n2cnnc2)c1. The lowest BCUT2D eigenvalue weighted by Crippen LogP contribution is -2.09. The molecule has 0 aliphatic carbocycles. The summed E-state index contributed by atoms with van der Waals surface area (Å²) in [7, 11) is 1.62. The van der Waals surface area contributed by atoms with E-state index in [4.69, 9.17) is 14.2 Å². The number of nitrogens with zero attached hydrogens (tertiary/aromatic N) is 4. The van der Waals surface area contributed by atoms with Crippen molar-refractivity contribution in [2.24, 2.45) is 5.10 Å². The zero-order chi connectivity index (χ0) is 17.3. The van der Waals surface area contributed by atoms with Gasteiger partial charge in [0.2, 0.25) is 0 Å². The van der Waals surface area contributed by atoms with Crippen LogP contribution in [-0.4, -0.2) is 41.4 Å². The van der Waals surface area contributed by atoms with Gasteiger partial charge in [-0.15, -0.1) is 10.2 Å². The fraction of sp³-hybridized carbons (Fsp3) is 0.167. The highest BCUT2D eigenvalue weighted by Gasteiger charge is 2.02. The summed E-state index contributed by atoms with van der Waals surface area (Å²) in [6.45, 7) is 0.837. The molecule has 3 rings (SSSR count). The molecule has 1 aromatic heterocycles. The zero-order valence-corrected chi connectivity index (χ0v) is 13.8. The van der Waals surface area contributed by atoms with Crippen LogP contribution in [0.5, 0.6) is 17.2 Å². The standard InChI is InChI=1S/C18H18N4O3/c1-23-17-7-2-3-8-18(17)25-10-9-24-16-6-4-5-15(11-16)12-21-22-13-19-20-14-22/h2-8,11-14H,9-10H2,1H3/b21-12-.